The first-order valence-corrected chi connectivity index (χ1v) is 6.94. The molecule has 0 atom stereocenters. The fourth-order valence-electron chi connectivity index (χ4n) is 2.43. The van der Waals surface area contributed by atoms with Crippen LogP contribution in [-0.2, 0) is 0 Å². The number of hydrogen-bond donors (Lipinski definition) is 0. The Morgan fingerprint density at radius 2 is 1.76 bits per heavy atom. The second-order valence-electron chi connectivity index (χ2n) is 5.00. The van der Waals surface area contributed by atoms with Gasteiger partial charge in [0.2, 0.25) is 0 Å². The molecule has 2 heteroatoms. The van der Waals surface area contributed by atoms with Crippen molar-refractivity contribution >= 4 is 0 Å². The van der Waals surface area contributed by atoms with Crippen LogP contribution in [0.2, 0.25) is 0 Å². The summed E-state index contributed by atoms with van der Waals surface area (Å²) in [5.74, 6) is 0.861. The predicted octanol–water partition coefficient (Wildman–Crippen LogP) is 4.73. The largest absolute Gasteiger partial charge is 0.497 e. The van der Waals surface area contributed by atoms with E-state index < -0.39 is 0 Å². The quantitative estimate of drug-likeness (QED) is 0.689. The Morgan fingerprint density at radius 1 is 0.857 bits per heavy atom. The molecule has 0 aliphatic rings. The Balaban J connectivity index is 2.18. The zero-order valence-electron chi connectivity index (χ0n) is 12.2. The van der Waals surface area contributed by atoms with Gasteiger partial charge in [0.15, 0.2) is 0 Å². The highest BCUT2D eigenvalue weighted by atomic mass is 16.5. The van der Waals surface area contributed by atoms with Crippen LogP contribution in [0.4, 0.5) is 0 Å². The van der Waals surface area contributed by atoms with Crippen LogP contribution in [0, 0.1) is 6.92 Å². The van der Waals surface area contributed by atoms with E-state index in [1.54, 1.807) is 7.11 Å². The van der Waals surface area contributed by atoms with Crippen molar-refractivity contribution < 1.29 is 4.74 Å². The smallest absolute Gasteiger partial charge is 0.119 e. The van der Waals surface area contributed by atoms with E-state index >= 15 is 0 Å². The lowest BCUT2D eigenvalue weighted by Gasteiger charge is -2.11. The van der Waals surface area contributed by atoms with E-state index in [1.807, 2.05) is 36.5 Å². The summed E-state index contributed by atoms with van der Waals surface area (Å²) in [6, 6.07) is 20.6. The lowest BCUT2D eigenvalue weighted by Crippen LogP contribution is -1.90. The van der Waals surface area contributed by atoms with Crippen molar-refractivity contribution in [3.05, 3.63) is 72.4 Å². The van der Waals surface area contributed by atoms with Crippen molar-refractivity contribution in [3.8, 4) is 28.1 Å². The van der Waals surface area contributed by atoms with Gasteiger partial charge < -0.3 is 4.74 Å². The van der Waals surface area contributed by atoms with Gasteiger partial charge in [-0.1, -0.05) is 35.9 Å². The van der Waals surface area contributed by atoms with Gasteiger partial charge in [-0.15, -0.1) is 0 Å². The van der Waals surface area contributed by atoms with E-state index in [2.05, 4.69) is 42.2 Å². The maximum absolute atomic E-state index is 5.33. The molecule has 0 bridgehead atoms. The summed E-state index contributed by atoms with van der Waals surface area (Å²) in [5, 5.41) is 0. The van der Waals surface area contributed by atoms with Gasteiger partial charge >= 0.3 is 0 Å². The van der Waals surface area contributed by atoms with Crippen LogP contribution in [-0.4, -0.2) is 12.1 Å². The third-order valence-corrected chi connectivity index (χ3v) is 3.50. The summed E-state index contributed by atoms with van der Waals surface area (Å²) < 4.78 is 5.33. The molecule has 0 fully saturated rings. The number of rotatable bonds is 3. The van der Waals surface area contributed by atoms with E-state index in [0.717, 1.165) is 22.6 Å². The summed E-state index contributed by atoms with van der Waals surface area (Å²) >= 11 is 0. The van der Waals surface area contributed by atoms with Crippen molar-refractivity contribution in [1.29, 1.82) is 0 Å². The highest BCUT2D eigenvalue weighted by Gasteiger charge is 2.09. The normalized spacial score (nSPS) is 10.4. The van der Waals surface area contributed by atoms with Crippen LogP contribution in [0.3, 0.4) is 0 Å². The van der Waals surface area contributed by atoms with Crippen LogP contribution < -0.4 is 4.74 Å². The average Bonchev–Trinajstić information content (AvgIpc) is 2.55. The van der Waals surface area contributed by atoms with E-state index in [1.165, 1.54) is 11.1 Å². The molecule has 2 aromatic carbocycles. The molecule has 0 unspecified atom stereocenters. The number of pyridine rings is 1. The van der Waals surface area contributed by atoms with Gasteiger partial charge in [0.25, 0.3) is 0 Å². The zero-order valence-corrected chi connectivity index (χ0v) is 12.2. The molecule has 0 radical (unpaired) electrons. The number of aromatic nitrogens is 1. The molecule has 0 N–H and O–H groups in total. The van der Waals surface area contributed by atoms with Crippen LogP contribution in [0.1, 0.15) is 5.56 Å². The summed E-state index contributed by atoms with van der Waals surface area (Å²) in [5.41, 5.74) is 5.65. The van der Waals surface area contributed by atoms with Gasteiger partial charge in [-0.25, -0.2) is 0 Å². The molecule has 0 amide bonds. The minimum Gasteiger partial charge on any atom is -0.497 e. The first-order chi connectivity index (χ1) is 10.3. The molecule has 104 valence electrons. The molecule has 1 heterocycles. The Bertz CT molecular complexity index is 751. The molecule has 0 spiro atoms. The standard InChI is InChI=1S/C19H17NO/c1-14-9-10-17(15-6-5-7-16(13-15)21-2)18(12-14)19-8-3-4-11-20-19/h3-13H,1-2H3. The number of aryl methyl sites for hydroxylation is 1. The molecule has 2 nitrogen and oxygen atoms in total. The molecule has 21 heavy (non-hydrogen) atoms. The minimum atomic E-state index is 0.861. The summed E-state index contributed by atoms with van der Waals surface area (Å²) in [6.45, 7) is 2.10. The summed E-state index contributed by atoms with van der Waals surface area (Å²) in [6.07, 6.45) is 1.83. The average molecular weight is 275 g/mol. The molecule has 3 rings (SSSR count). The molecule has 0 aliphatic carbocycles. The minimum absolute atomic E-state index is 0.861. The maximum atomic E-state index is 5.33. The van der Waals surface area contributed by atoms with Crippen molar-refractivity contribution in [3.63, 3.8) is 0 Å². The fourth-order valence-corrected chi connectivity index (χ4v) is 2.43. The SMILES string of the molecule is COc1cccc(-c2ccc(C)cc2-c2ccccn2)c1. The van der Waals surface area contributed by atoms with Crippen molar-refractivity contribution in [2.75, 3.05) is 7.11 Å². The number of nitrogens with zero attached hydrogens (tertiary/aromatic N) is 1. The first kappa shape index (κ1) is 13.4. The van der Waals surface area contributed by atoms with E-state index in [9.17, 15) is 0 Å². The molecular formula is C19H17NO. The number of ether oxygens (including phenoxy) is 1. The Morgan fingerprint density at radius 3 is 2.52 bits per heavy atom. The zero-order chi connectivity index (χ0) is 14.7. The Hall–Kier alpha value is -2.61. The van der Waals surface area contributed by atoms with E-state index in [4.69, 9.17) is 4.74 Å². The topological polar surface area (TPSA) is 22.1 Å². The second kappa shape index (κ2) is 5.80. The molecule has 1 aromatic heterocycles. The monoisotopic (exact) mass is 275 g/mol. The molecular weight excluding hydrogens is 258 g/mol. The number of methoxy groups -OCH3 is 1. The maximum Gasteiger partial charge on any atom is 0.119 e. The lowest BCUT2D eigenvalue weighted by molar-refractivity contribution is 0.415. The highest BCUT2D eigenvalue weighted by molar-refractivity contribution is 5.82. The highest BCUT2D eigenvalue weighted by Crippen LogP contribution is 2.33. The van der Waals surface area contributed by atoms with Crippen LogP contribution in [0.15, 0.2) is 66.9 Å². The van der Waals surface area contributed by atoms with Gasteiger partial charge in [-0.2, -0.15) is 0 Å². The second-order valence-corrected chi connectivity index (χ2v) is 5.00. The van der Waals surface area contributed by atoms with Gasteiger partial charge in [0, 0.05) is 11.8 Å². The fraction of sp³-hybridized carbons (Fsp3) is 0.105. The number of hydrogen-bond acceptors (Lipinski definition) is 2. The van der Waals surface area contributed by atoms with Gasteiger partial charge in [0.05, 0.1) is 12.8 Å². The number of benzene rings is 2. The Kier molecular flexibility index (Phi) is 3.69. The molecule has 0 saturated heterocycles. The third kappa shape index (κ3) is 2.79. The Labute approximate surface area is 125 Å². The first-order valence-electron chi connectivity index (χ1n) is 6.94. The van der Waals surface area contributed by atoms with Gasteiger partial charge in [-0.3, -0.25) is 4.98 Å². The van der Waals surface area contributed by atoms with Crippen molar-refractivity contribution in [2.24, 2.45) is 0 Å². The van der Waals surface area contributed by atoms with E-state index in [0.29, 0.717) is 0 Å². The van der Waals surface area contributed by atoms with Crippen LogP contribution >= 0.6 is 0 Å². The van der Waals surface area contributed by atoms with Crippen LogP contribution in [0.5, 0.6) is 5.75 Å². The summed E-state index contributed by atoms with van der Waals surface area (Å²) in [7, 11) is 1.69. The molecule has 0 aliphatic heterocycles. The predicted molar refractivity (Wildman–Crippen MR) is 86.4 cm³/mol. The van der Waals surface area contributed by atoms with Crippen molar-refractivity contribution in [1.82, 2.24) is 4.98 Å². The summed E-state index contributed by atoms with van der Waals surface area (Å²) in [4.78, 5) is 4.49. The van der Waals surface area contributed by atoms with E-state index in [-0.39, 0.29) is 0 Å². The molecule has 0 saturated carbocycles. The van der Waals surface area contributed by atoms with Crippen LogP contribution in [0.25, 0.3) is 22.4 Å². The lowest BCUT2D eigenvalue weighted by atomic mass is 9.95. The van der Waals surface area contributed by atoms with Crippen molar-refractivity contribution in [2.45, 2.75) is 6.92 Å². The van der Waals surface area contributed by atoms with Gasteiger partial charge in [-0.05, 0) is 48.4 Å². The van der Waals surface area contributed by atoms with Gasteiger partial charge in [0.1, 0.15) is 5.75 Å². The molecule has 3 aromatic rings. The third-order valence-electron chi connectivity index (χ3n) is 3.50.